The van der Waals surface area contributed by atoms with E-state index in [0.717, 1.165) is 12.1 Å². The summed E-state index contributed by atoms with van der Waals surface area (Å²) in [6.07, 6.45) is 3.67. The summed E-state index contributed by atoms with van der Waals surface area (Å²) in [7, 11) is 0. The molecule has 1 heterocycles. The van der Waals surface area contributed by atoms with E-state index in [1.54, 1.807) is 6.07 Å². The highest BCUT2D eigenvalue weighted by Gasteiger charge is 2.27. The Morgan fingerprint density at radius 3 is 2.94 bits per heavy atom. The molecule has 2 unspecified atom stereocenters. The van der Waals surface area contributed by atoms with Crippen LogP contribution in [0, 0.1) is 6.92 Å². The minimum absolute atomic E-state index is 0.235. The highest BCUT2D eigenvalue weighted by Crippen LogP contribution is 2.33. The van der Waals surface area contributed by atoms with E-state index in [2.05, 4.69) is 24.8 Å². The maximum atomic E-state index is 10.0. The van der Waals surface area contributed by atoms with Gasteiger partial charge in [-0.25, -0.2) is 0 Å². The molecule has 0 radical (unpaired) electrons. The van der Waals surface area contributed by atoms with Gasteiger partial charge in [-0.1, -0.05) is 24.1 Å². The number of likely N-dealkylation sites (tertiary alicyclic amines) is 1. The lowest BCUT2D eigenvalue weighted by Crippen LogP contribution is -2.45. The third-order valence-corrected chi connectivity index (χ3v) is 4.08. The molecule has 3 N–H and O–H groups in total. The second-order valence-corrected chi connectivity index (χ2v) is 5.36. The molecule has 1 saturated heterocycles. The van der Waals surface area contributed by atoms with Crippen LogP contribution in [0.4, 0.5) is 0 Å². The topological polar surface area (TPSA) is 49.5 Å². The van der Waals surface area contributed by atoms with Gasteiger partial charge >= 0.3 is 0 Å². The first-order valence-electron chi connectivity index (χ1n) is 6.89. The van der Waals surface area contributed by atoms with Crippen LogP contribution in [0.25, 0.3) is 0 Å². The van der Waals surface area contributed by atoms with Gasteiger partial charge in [-0.3, -0.25) is 4.90 Å². The van der Waals surface area contributed by atoms with Gasteiger partial charge in [0.1, 0.15) is 5.75 Å². The normalized spacial score (nSPS) is 22.9. The van der Waals surface area contributed by atoms with Crippen molar-refractivity contribution in [1.82, 2.24) is 4.90 Å². The minimum atomic E-state index is 0.235. The van der Waals surface area contributed by atoms with Gasteiger partial charge < -0.3 is 10.8 Å². The number of nitrogens with zero attached hydrogens (tertiary/aromatic N) is 1. The Hall–Kier alpha value is -1.06. The number of phenols is 1. The van der Waals surface area contributed by atoms with Gasteiger partial charge in [0.25, 0.3) is 0 Å². The van der Waals surface area contributed by atoms with Gasteiger partial charge in [0, 0.05) is 24.2 Å². The van der Waals surface area contributed by atoms with E-state index >= 15 is 0 Å². The Kier molecular flexibility index (Phi) is 4.25. The number of piperidine rings is 1. The van der Waals surface area contributed by atoms with Gasteiger partial charge in [0.05, 0.1) is 0 Å². The summed E-state index contributed by atoms with van der Waals surface area (Å²) in [5.74, 6) is 0.398. The van der Waals surface area contributed by atoms with Gasteiger partial charge in [0.2, 0.25) is 0 Å². The first-order valence-corrected chi connectivity index (χ1v) is 6.89. The number of benzene rings is 1. The number of aryl methyl sites for hydroxylation is 1. The summed E-state index contributed by atoms with van der Waals surface area (Å²) >= 11 is 0. The fourth-order valence-electron chi connectivity index (χ4n) is 2.97. The van der Waals surface area contributed by atoms with Crippen LogP contribution in [-0.2, 0) is 0 Å². The number of phenolic OH excluding ortho intramolecular Hbond substituents is 1. The number of rotatable bonds is 3. The van der Waals surface area contributed by atoms with Gasteiger partial charge in [-0.15, -0.1) is 0 Å². The summed E-state index contributed by atoms with van der Waals surface area (Å²) < 4.78 is 0. The van der Waals surface area contributed by atoms with Crippen molar-refractivity contribution in [3.05, 3.63) is 29.3 Å². The zero-order chi connectivity index (χ0) is 13.1. The average molecular weight is 248 g/mol. The maximum absolute atomic E-state index is 10.0. The van der Waals surface area contributed by atoms with E-state index in [4.69, 9.17) is 5.73 Å². The standard InChI is InChI=1S/C15H24N2O/c1-11-6-7-15(18)14(9-11)12(2)17-8-4-3-5-13(17)10-16/h6-7,9,12-13,18H,3-5,8,10,16H2,1-2H3. The molecule has 0 aliphatic carbocycles. The zero-order valence-corrected chi connectivity index (χ0v) is 11.4. The fraction of sp³-hybridized carbons (Fsp3) is 0.600. The molecule has 2 rings (SSSR count). The van der Waals surface area contributed by atoms with Crippen molar-refractivity contribution in [2.24, 2.45) is 5.73 Å². The average Bonchev–Trinajstić information content (AvgIpc) is 2.40. The monoisotopic (exact) mass is 248 g/mol. The number of hydrogen-bond acceptors (Lipinski definition) is 3. The Bertz CT molecular complexity index is 405. The Balaban J connectivity index is 2.23. The van der Waals surface area contributed by atoms with Crippen molar-refractivity contribution in [1.29, 1.82) is 0 Å². The molecule has 0 aromatic heterocycles. The molecule has 1 aromatic rings. The molecule has 1 aliphatic heterocycles. The lowest BCUT2D eigenvalue weighted by atomic mass is 9.96. The number of aromatic hydroxyl groups is 1. The third kappa shape index (κ3) is 2.68. The predicted molar refractivity (Wildman–Crippen MR) is 74.7 cm³/mol. The lowest BCUT2D eigenvalue weighted by Gasteiger charge is -2.39. The highest BCUT2D eigenvalue weighted by atomic mass is 16.3. The Labute approximate surface area is 110 Å². The molecule has 3 nitrogen and oxygen atoms in total. The van der Waals surface area contributed by atoms with Crippen molar-refractivity contribution in [2.45, 2.75) is 45.2 Å². The summed E-state index contributed by atoms with van der Waals surface area (Å²) in [6, 6.07) is 6.51. The maximum Gasteiger partial charge on any atom is 0.120 e. The molecule has 100 valence electrons. The molecule has 18 heavy (non-hydrogen) atoms. The summed E-state index contributed by atoms with van der Waals surface area (Å²) in [4.78, 5) is 2.44. The zero-order valence-electron chi connectivity index (χ0n) is 11.4. The van der Waals surface area contributed by atoms with Crippen LogP contribution in [0.2, 0.25) is 0 Å². The first kappa shape index (κ1) is 13.4. The molecule has 2 atom stereocenters. The Morgan fingerprint density at radius 2 is 2.22 bits per heavy atom. The minimum Gasteiger partial charge on any atom is -0.508 e. The van der Waals surface area contributed by atoms with E-state index in [-0.39, 0.29) is 6.04 Å². The second kappa shape index (κ2) is 5.72. The summed E-state index contributed by atoms with van der Waals surface area (Å²) in [6.45, 7) is 6.02. The van der Waals surface area contributed by atoms with Crippen molar-refractivity contribution >= 4 is 0 Å². The van der Waals surface area contributed by atoms with Crippen LogP contribution in [0.15, 0.2) is 18.2 Å². The SMILES string of the molecule is Cc1ccc(O)c(C(C)N2CCCCC2CN)c1. The molecule has 0 saturated carbocycles. The van der Waals surface area contributed by atoms with E-state index < -0.39 is 0 Å². The molecular weight excluding hydrogens is 224 g/mol. The molecule has 1 fully saturated rings. The van der Waals surface area contributed by atoms with Crippen LogP contribution in [0.1, 0.15) is 43.4 Å². The van der Waals surface area contributed by atoms with E-state index in [1.807, 2.05) is 6.07 Å². The molecule has 1 aliphatic rings. The smallest absolute Gasteiger partial charge is 0.120 e. The molecule has 0 bridgehead atoms. The van der Waals surface area contributed by atoms with Crippen molar-refractivity contribution in [3.8, 4) is 5.75 Å². The summed E-state index contributed by atoms with van der Waals surface area (Å²) in [5.41, 5.74) is 8.09. The highest BCUT2D eigenvalue weighted by molar-refractivity contribution is 5.37. The van der Waals surface area contributed by atoms with Crippen LogP contribution in [-0.4, -0.2) is 29.1 Å². The molecule has 3 heteroatoms. The summed E-state index contributed by atoms with van der Waals surface area (Å²) in [5, 5.41) is 10.0. The molecule has 0 spiro atoms. The van der Waals surface area contributed by atoms with Gasteiger partial charge in [-0.05, 0) is 39.3 Å². The third-order valence-electron chi connectivity index (χ3n) is 4.08. The number of hydrogen-bond donors (Lipinski definition) is 2. The molecular formula is C15H24N2O. The van der Waals surface area contributed by atoms with Gasteiger partial charge in [-0.2, -0.15) is 0 Å². The molecule has 0 amide bonds. The lowest BCUT2D eigenvalue weighted by molar-refractivity contribution is 0.106. The van der Waals surface area contributed by atoms with Crippen molar-refractivity contribution in [3.63, 3.8) is 0 Å². The quantitative estimate of drug-likeness (QED) is 0.864. The fourth-order valence-corrected chi connectivity index (χ4v) is 2.97. The van der Waals surface area contributed by atoms with Crippen LogP contribution in [0.3, 0.4) is 0 Å². The predicted octanol–water partition coefficient (Wildman–Crippen LogP) is 2.57. The van der Waals surface area contributed by atoms with Gasteiger partial charge in [0.15, 0.2) is 0 Å². The van der Waals surface area contributed by atoms with Crippen molar-refractivity contribution < 1.29 is 5.11 Å². The molecule has 1 aromatic carbocycles. The van der Waals surface area contributed by atoms with E-state index in [9.17, 15) is 5.11 Å². The van der Waals surface area contributed by atoms with Crippen LogP contribution < -0.4 is 5.73 Å². The van der Waals surface area contributed by atoms with Crippen LogP contribution in [0.5, 0.6) is 5.75 Å². The Morgan fingerprint density at radius 1 is 1.44 bits per heavy atom. The van der Waals surface area contributed by atoms with E-state index in [1.165, 1.54) is 24.8 Å². The largest absolute Gasteiger partial charge is 0.508 e. The van der Waals surface area contributed by atoms with Crippen LogP contribution >= 0.6 is 0 Å². The van der Waals surface area contributed by atoms with Crippen molar-refractivity contribution in [2.75, 3.05) is 13.1 Å². The second-order valence-electron chi connectivity index (χ2n) is 5.36. The van der Waals surface area contributed by atoms with E-state index in [0.29, 0.717) is 18.3 Å². The number of nitrogens with two attached hydrogens (primary N) is 1. The first-order chi connectivity index (χ1) is 8.63.